The molecule has 2 aliphatic rings. The molecule has 3 heterocycles. The van der Waals surface area contributed by atoms with Crippen LogP contribution in [0.5, 0.6) is 0 Å². The molecule has 3 heteroatoms. The third kappa shape index (κ3) is 5.22. The Kier molecular flexibility index (Phi) is 6.97. The second-order valence-corrected chi connectivity index (χ2v) is 9.19. The first-order valence-corrected chi connectivity index (χ1v) is 11.0. The second-order valence-electron chi connectivity index (χ2n) is 9.19. The monoisotopic (exact) mass is 357 g/mol. The van der Waals surface area contributed by atoms with E-state index in [2.05, 4.69) is 55.8 Å². The van der Waals surface area contributed by atoms with Crippen molar-refractivity contribution in [2.45, 2.75) is 78.2 Å². The fourth-order valence-corrected chi connectivity index (χ4v) is 4.61. The van der Waals surface area contributed by atoms with Crippen molar-refractivity contribution in [2.24, 2.45) is 11.8 Å². The molecule has 1 aromatic heterocycles. The van der Waals surface area contributed by atoms with Gasteiger partial charge >= 0.3 is 0 Å². The lowest BCUT2D eigenvalue weighted by atomic mass is 9.85. The van der Waals surface area contributed by atoms with E-state index in [0.717, 1.165) is 17.9 Å². The minimum atomic E-state index is 0.565. The molecule has 0 spiro atoms. The van der Waals surface area contributed by atoms with Crippen LogP contribution in [0.4, 0.5) is 5.82 Å². The first-order chi connectivity index (χ1) is 12.5. The van der Waals surface area contributed by atoms with Gasteiger partial charge in [0.2, 0.25) is 0 Å². The van der Waals surface area contributed by atoms with E-state index in [0.29, 0.717) is 5.92 Å². The van der Waals surface area contributed by atoms with Crippen LogP contribution in [0.2, 0.25) is 0 Å². The molecule has 0 atom stereocenters. The van der Waals surface area contributed by atoms with E-state index < -0.39 is 0 Å². The van der Waals surface area contributed by atoms with Crippen molar-refractivity contribution in [3.8, 4) is 0 Å². The topological polar surface area (TPSA) is 19.4 Å². The molecule has 0 aromatic carbocycles. The van der Waals surface area contributed by atoms with Crippen molar-refractivity contribution in [2.75, 3.05) is 31.1 Å². The lowest BCUT2D eigenvalue weighted by Gasteiger charge is -2.36. The van der Waals surface area contributed by atoms with Crippen LogP contribution in [0.1, 0.15) is 77.7 Å². The predicted molar refractivity (Wildman–Crippen MR) is 112 cm³/mol. The molecule has 2 fully saturated rings. The quantitative estimate of drug-likeness (QED) is 0.686. The number of hydrogen-bond acceptors (Lipinski definition) is 3. The molecular weight excluding hydrogens is 318 g/mol. The summed E-state index contributed by atoms with van der Waals surface area (Å²) in [7, 11) is 0. The molecule has 146 valence electrons. The van der Waals surface area contributed by atoms with Crippen molar-refractivity contribution in [3.05, 3.63) is 23.9 Å². The molecule has 2 saturated heterocycles. The van der Waals surface area contributed by atoms with Gasteiger partial charge in [0.15, 0.2) is 0 Å². The fraction of sp³-hybridized carbons (Fsp3) is 0.783. The summed E-state index contributed by atoms with van der Waals surface area (Å²) in [4.78, 5) is 9.84. The molecule has 3 nitrogen and oxygen atoms in total. The Labute approximate surface area is 161 Å². The van der Waals surface area contributed by atoms with Crippen LogP contribution in [0.3, 0.4) is 0 Å². The molecular formula is C23H39N3. The minimum absolute atomic E-state index is 0.565. The van der Waals surface area contributed by atoms with Gasteiger partial charge in [-0.2, -0.15) is 0 Å². The standard InChI is InChI=1S/C23H39N3/c1-18(2)22-7-8-23(24-17-22)26-15-11-21(12-16-26)6-5-20-9-13-25(14-10-20)19(3)4/h7-8,17-21H,5-6,9-16H2,1-4H3. The Bertz CT molecular complexity index is 521. The number of hydrogen-bond donors (Lipinski definition) is 0. The third-order valence-electron chi connectivity index (χ3n) is 6.74. The van der Waals surface area contributed by atoms with Crippen LogP contribution >= 0.6 is 0 Å². The summed E-state index contributed by atoms with van der Waals surface area (Å²) in [6.07, 6.45) is 10.5. The first kappa shape index (κ1) is 19.7. The number of pyridine rings is 1. The largest absolute Gasteiger partial charge is 0.357 e. The van der Waals surface area contributed by atoms with Gasteiger partial charge in [0, 0.05) is 25.3 Å². The van der Waals surface area contributed by atoms with Crippen LogP contribution in [0.15, 0.2) is 18.3 Å². The van der Waals surface area contributed by atoms with Gasteiger partial charge < -0.3 is 9.80 Å². The summed E-state index contributed by atoms with van der Waals surface area (Å²) < 4.78 is 0. The highest BCUT2D eigenvalue weighted by Crippen LogP contribution is 2.30. The van der Waals surface area contributed by atoms with Gasteiger partial charge in [-0.05, 0) is 82.0 Å². The maximum atomic E-state index is 4.71. The average Bonchev–Trinajstić information content (AvgIpc) is 2.67. The van der Waals surface area contributed by atoms with Crippen LogP contribution in [-0.2, 0) is 0 Å². The Balaban J connectivity index is 1.37. The first-order valence-electron chi connectivity index (χ1n) is 11.0. The van der Waals surface area contributed by atoms with E-state index in [1.807, 2.05) is 0 Å². The molecule has 26 heavy (non-hydrogen) atoms. The molecule has 0 amide bonds. The zero-order valence-corrected chi connectivity index (χ0v) is 17.5. The molecule has 0 radical (unpaired) electrons. The highest BCUT2D eigenvalue weighted by molar-refractivity contribution is 5.40. The van der Waals surface area contributed by atoms with E-state index in [4.69, 9.17) is 4.98 Å². The van der Waals surface area contributed by atoms with E-state index in [1.54, 1.807) is 0 Å². The Morgan fingerprint density at radius 2 is 1.46 bits per heavy atom. The van der Waals surface area contributed by atoms with Crippen molar-refractivity contribution < 1.29 is 0 Å². The molecule has 0 N–H and O–H groups in total. The summed E-state index contributed by atoms with van der Waals surface area (Å²) in [6, 6.07) is 5.20. The van der Waals surface area contributed by atoms with Gasteiger partial charge in [-0.1, -0.05) is 32.8 Å². The Morgan fingerprint density at radius 1 is 0.885 bits per heavy atom. The Morgan fingerprint density at radius 3 is 1.92 bits per heavy atom. The summed E-state index contributed by atoms with van der Waals surface area (Å²) >= 11 is 0. The molecule has 1 aromatic rings. The van der Waals surface area contributed by atoms with Crippen LogP contribution in [-0.4, -0.2) is 42.1 Å². The summed E-state index contributed by atoms with van der Waals surface area (Å²) in [6.45, 7) is 14.1. The molecule has 0 saturated carbocycles. The van der Waals surface area contributed by atoms with Gasteiger partial charge in [0.05, 0.1) is 0 Å². The normalized spacial score (nSPS) is 21.1. The zero-order chi connectivity index (χ0) is 18.5. The zero-order valence-electron chi connectivity index (χ0n) is 17.5. The lowest BCUT2D eigenvalue weighted by Crippen LogP contribution is -2.38. The maximum absolute atomic E-state index is 4.71. The van der Waals surface area contributed by atoms with Crippen LogP contribution in [0.25, 0.3) is 0 Å². The van der Waals surface area contributed by atoms with Gasteiger partial charge in [0.1, 0.15) is 5.82 Å². The summed E-state index contributed by atoms with van der Waals surface area (Å²) in [5.74, 6) is 3.65. The number of likely N-dealkylation sites (tertiary alicyclic amines) is 1. The molecule has 2 aliphatic heterocycles. The molecule has 3 rings (SSSR count). The maximum Gasteiger partial charge on any atom is 0.128 e. The van der Waals surface area contributed by atoms with E-state index in [1.165, 1.54) is 76.1 Å². The Hall–Kier alpha value is -1.09. The van der Waals surface area contributed by atoms with Gasteiger partial charge in [0.25, 0.3) is 0 Å². The highest BCUT2D eigenvalue weighted by Gasteiger charge is 2.24. The van der Waals surface area contributed by atoms with Gasteiger partial charge in [-0.25, -0.2) is 4.98 Å². The molecule has 0 unspecified atom stereocenters. The second kappa shape index (κ2) is 9.21. The van der Waals surface area contributed by atoms with Crippen molar-refractivity contribution in [3.63, 3.8) is 0 Å². The fourth-order valence-electron chi connectivity index (χ4n) is 4.61. The van der Waals surface area contributed by atoms with Gasteiger partial charge in [-0.15, -0.1) is 0 Å². The third-order valence-corrected chi connectivity index (χ3v) is 6.74. The summed E-state index contributed by atoms with van der Waals surface area (Å²) in [5, 5.41) is 0. The smallest absolute Gasteiger partial charge is 0.128 e. The van der Waals surface area contributed by atoms with Crippen molar-refractivity contribution in [1.29, 1.82) is 0 Å². The number of piperidine rings is 2. The number of anilines is 1. The van der Waals surface area contributed by atoms with Crippen molar-refractivity contribution in [1.82, 2.24) is 9.88 Å². The highest BCUT2D eigenvalue weighted by atomic mass is 15.2. The number of aromatic nitrogens is 1. The summed E-state index contributed by atoms with van der Waals surface area (Å²) in [5.41, 5.74) is 1.34. The van der Waals surface area contributed by atoms with Crippen LogP contribution < -0.4 is 4.90 Å². The SMILES string of the molecule is CC(C)c1ccc(N2CCC(CCC3CCN(C(C)C)CC3)CC2)nc1. The van der Waals surface area contributed by atoms with E-state index in [-0.39, 0.29) is 0 Å². The molecule has 0 aliphatic carbocycles. The lowest BCUT2D eigenvalue weighted by molar-refractivity contribution is 0.141. The van der Waals surface area contributed by atoms with Crippen molar-refractivity contribution >= 4 is 5.82 Å². The minimum Gasteiger partial charge on any atom is -0.357 e. The number of rotatable bonds is 6. The number of nitrogens with zero attached hydrogens (tertiary/aromatic N) is 3. The average molecular weight is 358 g/mol. The van der Waals surface area contributed by atoms with E-state index in [9.17, 15) is 0 Å². The molecule has 0 bridgehead atoms. The van der Waals surface area contributed by atoms with Crippen LogP contribution in [0, 0.1) is 11.8 Å². The van der Waals surface area contributed by atoms with E-state index >= 15 is 0 Å². The van der Waals surface area contributed by atoms with Gasteiger partial charge in [-0.3, -0.25) is 0 Å². The predicted octanol–water partition coefficient (Wildman–Crippen LogP) is 5.32.